The van der Waals surface area contributed by atoms with Gasteiger partial charge in [-0.05, 0) is 13.8 Å². The van der Waals surface area contributed by atoms with Crippen molar-refractivity contribution in [1.29, 1.82) is 0 Å². The molecule has 0 aromatic carbocycles. The maximum absolute atomic E-state index is 11.9. The number of anilines is 2. The van der Waals surface area contributed by atoms with Gasteiger partial charge in [0.05, 0.1) is 18.1 Å². The molecule has 0 aliphatic heterocycles. The van der Waals surface area contributed by atoms with Crippen LogP contribution in [-0.2, 0) is 0 Å². The van der Waals surface area contributed by atoms with Crippen LogP contribution >= 0.6 is 11.3 Å². The minimum atomic E-state index is -0.309. The van der Waals surface area contributed by atoms with Gasteiger partial charge in [-0.25, -0.2) is 9.97 Å². The number of amides is 1. The van der Waals surface area contributed by atoms with Gasteiger partial charge in [-0.15, -0.1) is 11.3 Å². The van der Waals surface area contributed by atoms with Gasteiger partial charge in [0, 0.05) is 11.9 Å². The maximum Gasteiger partial charge on any atom is 0.277 e. The third-order valence-corrected chi connectivity index (χ3v) is 2.94. The molecule has 2 rings (SSSR count). The zero-order valence-electron chi connectivity index (χ0n) is 10.1. The third-order valence-electron chi connectivity index (χ3n) is 2.06. The highest BCUT2D eigenvalue weighted by atomic mass is 32.1. The largest absolute Gasteiger partial charge is 0.369 e. The summed E-state index contributed by atoms with van der Waals surface area (Å²) in [5, 5.41) is 8.13. The first-order chi connectivity index (χ1) is 8.69. The third kappa shape index (κ3) is 3.01. The van der Waals surface area contributed by atoms with Gasteiger partial charge in [-0.1, -0.05) is 0 Å². The van der Waals surface area contributed by atoms with Crippen molar-refractivity contribution in [3.05, 3.63) is 29.2 Å². The highest BCUT2D eigenvalue weighted by molar-refractivity contribution is 7.13. The van der Waals surface area contributed by atoms with Crippen molar-refractivity contribution in [1.82, 2.24) is 15.0 Å². The molecule has 2 heterocycles. The predicted octanol–water partition coefficient (Wildman–Crippen LogP) is 1.93. The summed E-state index contributed by atoms with van der Waals surface area (Å²) < 4.78 is 0. The van der Waals surface area contributed by atoms with Crippen molar-refractivity contribution in [2.75, 3.05) is 17.2 Å². The van der Waals surface area contributed by atoms with E-state index in [-0.39, 0.29) is 11.6 Å². The molecule has 0 aliphatic carbocycles. The predicted molar refractivity (Wildman–Crippen MR) is 71.0 cm³/mol. The van der Waals surface area contributed by atoms with E-state index < -0.39 is 0 Å². The molecule has 7 heteroatoms. The van der Waals surface area contributed by atoms with Crippen LogP contribution in [0.5, 0.6) is 0 Å². The van der Waals surface area contributed by atoms with E-state index in [9.17, 15) is 4.79 Å². The van der Waals surface area contributed by atoms with Crippen LogP contribution in [0.1, 0.15) is 23.1 Å². The maximum atomic E-state index is 11.9. The van der Waals surface area contributed by atoms with Gasteiger partial charge in [-0.3, -0.25) is 15.1 Å². The standard InChI is InChI=1S/C11H13N5OS/c1-3-13-9-5-12-4-8(15-9)10(17)16-11-14-7(2)6-18-11/h4-6H,3H2,1-2H3,(H,13,15)(H,14,16,17). The Labute approximate surface area is 109 Å². The molecule has 94 valence electrons. The van der Waals surface area contributed by atoms with Crippen molar-refractivity contribution < 1.29 is 4.79 Å². The molecule has 0 bridgehead atoms. The molecule has 18 heavy (non-hydrogen) atoms. The topological polar surface area (TPSA) is 79.8 Å². The van der Waals surface area contributed by atoms with E-state index in [0.29, 0.717) is 10.9 Å². The number of carbonyl (C=O) groups is 1. The molecule has 2 N–H and O–H groups in total. The van der Waals surface area contributed by atoms with Crippen molar-refractivity contribution in [2.24, 2.45) is 0 Å². The van der Waals surface area contributed by atoms with Gasteiger partial charge in [0.25, 0.3) is 5.91 Å². The minimum absolute atomic E-state index is 0.265. The van der Waals surface area contributed by atoms with Gasteiger partial charge in [-0.2, -0.15) is 0 Å². The first-order valence-electron chi connectivity index (χ1n) is 5.48. The Bertz CT molecular complexity index is 554. The fourth-order valence-electron chi connectivity index (χ4n) is 1.31. The van der Waals surface area contributed by atoms with Crippen LogP contribution in [0.15, 0.2) is 17.8 Å². The van der Waals surface area contributed by atoms with Crippen molar-refractivity contribution in [3.63, 3.8) is 0 Å². The summed E-state index contributed by atoms with van der Waals surface area (Å²) in [5.41, 5.74) is 1.14. The normalized spacial score (nSPS) is 10.1. The molecule has 2 aromatic heterocycles. The number of hydrogen-bond donors (Lipinski definition) is 2. The van der Waals surface area contributed by atoms with Crippen LogP contribution in [-0.4, -0.2) is 27.4 Å². The van der Waals surface area contributed by atoms with E-state index in [2.05, 4.69) is 25.6 Å². The van der Waals surface area contributed by atoms with Crippen LogP contribution in [0.2, 0.25) is 0 Å². The fraction of sp³-hybridized carbons (Fsp3) is 0.273. The number of carbonyl (C=O) groups excluding carboxylic acids is 1. The molecular weight excluding hydrogens is 250 g/mol. The van der Waals surface area contributed by atoms with Gasteiger partial charge in [0.2, 0.25) is 0 Å². The SMILES string of the molecule is CCNc1cncc(C(=O)Nc2nc(C)cs2)n1. The number of aromatic nitrogens is 3. The number of thiazole rings is 1. The Morgan fingerprint density at radius 1 is 1.39 bits per heavy atom. The van der Waals surface area contributed by atoms with Gasteiger partial charge >= 0.3 is 0 Å². The molecular formula is C11H13N5OS. The Kier molecular flexibility index (Phi) is 3.83. The van der Waals surface area contributed by atoms with E-state index in [0.717, 1.165) is 12.2 Å². The molecule has 0 unspecified atom stereocenters. The summed E-state index contributed by atoms with van der Waals surface area (Å²) in [6, 6.07) is 0. The van der Waals surface area contributed by atoms with E-state index >= 15 is 0 Å². The van der Waals surface area contributed by atoms with Gasteiger partial charge < -0.3 is 5.32 Å². The van der Waals surface area contributed by atoms with Crippen molar-refractivity contribution >= 4 is 28.2 Å². The van der Waals surface area contributed by atoms with Crippen LogP contribution < -0.4 is 10.6 Å². The van der Waals surface area contributed by atoms with Crippen LogP contribution in [0.25, 0.3) is 0 Å². The number of rotatable bonds is 4. The monoisotopic (exact) mass is 263 g/mol. The molecule has 0 fully saturated rings. The average molecular weight is 263 g/mol. The molecule has 0 aliphatic rings. The second-order valence-electron chi connectivity index (χ2n) is 3.57. The number of hydrogen-bond acceptors (Lipinski definition) is 6. The number of aryl methyl sites for hydroxylation is 1. The molecule has 0 radical (unpaired) electrons. The zero-order valence-corrected chi connectivity index (χ0v) is 10.9. The second-order valence-corrected chi connectivity index (χ2v) is 4.43. The lowest BCUT2D eigenvalue weighted by molar-refractivity contribution is 0.102. The van der Waals surface area contributed by atoms with E-state index in [1.807, 2.05) is 19.2 Å². The Morgan fingerprint density at radius 3 is 2.89 bits per heavy atom. The highest BCUT2D eigenvalue weighted by Gasteiger charge is 2.10. The van der Waals surface area contributed by atoms with Crippen molar-refractivity contribution in [3.8, 4) is 0 Å². The Hall–Kier alpha value is -2.02. The summed E-state index contributed by atoms with van der Waals surface area (Å²) in [7, 11) is 0. The first kappa shape index (κ1) is 12.4. The minimum Gasteiger partial charge on any atom is -0.369 e. The summed E-state index contributed by atoms with van der Waals surface area (Å²) in [5.74, 6) is 0.275. The Morgan fingerprint density at radius 2 is 2.22 bits per heavy atom. The highest BCUT2D eigenvalue weighted by Crippen LogP contribution is 2.15. The quantitative estimate of drug-likeness (QED) is 0.881. The average Bonchev–Trinajstić information content (AvgIpc) is 2.75. The first-order valence-corrected chi connectivity index (χ1v) is 6.36. The van der Waals surface area contributed by atoms with Crippen molar-refractivity contribution in [2.45, 2.75) is 13.8 Å². The Balaban J connectivity index is 2.11. The lowest BCUT2D eigenvalue weighted by atomic mass is 10.4. The summed E-state index contributed by atoms with van der Waals surface area (Å²) >= 11 is 1.38. The summed E-state index contributed by atoms with van der Waals surface area (Å²) in [6.07, 6.45) is 3.00. The van der Waals surface area contributed by atoms with Gasteiger partial charge in [0.15, 0.2) is 5.13 Å². The van der Waals surface area contributed by atoms with E-state index in [4.69, 9.17) is 0 Å². The second kappa shape index (κ2) is 5.54. The zero-order chi connectivity index (χ0) is 13.0. The molecule has 0 atom stereocenters. The molecule has 1 amide bonds. The summed E-state index contributed by atoms with van der Waals surface area (Å²) in [4.78, 5) is 24.2. The van der Waals surface area contributed by atoms with Crippen LogP contribution in [0.3, 0.4) is 0 Å². The van der Waals surface area contributed by atoms with E-state index in [1.54, 1.807) is 6.20 Å². The molecule has 0 saturated heterocycles. The molecule has 2 aromatic rings. The van der Waals surface area contributed by atoms with Crippen LogP contribution in [0, 0.1) is 6.92 Å². The molecule has 0 saturated carbocycles. The lowest BCUT2D eigenvalue weighted by Crippen LogP contribution is -2.15. The van der Waals surface area contributed by atoms with Crippen LogP contribution in [0.4, 0.5) is 10.9 Å². The molecule has 0 spiro atoms. The smallest absolute Gasteiger partial charge is 0.277 e. The van der Waals surface area contributed by atoms with Gasteiger partial charge in [0.1, 0.15) is 11.5 Å². The number of nitrogens with one attached hydrogen (secondary N) is 2. The summed E-state index contributed by atoms with van der Waals surface area (Å²) in [6.45, 7) is 4.55. The van der Waals surface area contributed by atoms with E-state index in [1.165, 1.54) is 17.5 Å². The molecule has 6 nitrogen and oxygen atoms in total. The fourth-order valence-corrected chi connectivity index (χ4v) is 2.00. The lowest BCUT2D eigenvalue weighted by Gasteiger charge is -2.04. The number of nitrogens with zero attached hydrogens (tertiary/aromatic N) is 3.